The molecule has 0 aliphatic heterocycles. The average Bonchev–Trinajstić information content (AvgIpc) is 2.47. The largest absolute Gasteiger partial charge is 0.382 e. The number of hydrogen-bond acceptors (Lipinski definition) is 4. The van der Waals surface area contributed by atoms with E-state index in [0.29, 0.717) is 11.4 Å². The SMILES string of the molecule is CNc1cccc(NCCC2CCCCC2)c1[N+](=O)[O-]. The van der Waals surface area contributed by atoms with E-state index in [1.165, 1.54) is 32.1 Å². The van der Waals surface area contributed by atoms with Gasteiger partial charge in [-0.25, -0.2) is 0 Å². The highest BCUT2D eigenvalue weighted by atomic mass is 16.6. The monoisotopic (exact) mass is 277 g/mol. The predicted molar refractivity (Wildman–Crippen MR) is 82.3 cm³/mol. The molecule has 0 amide bonds. The Balaban J connectivity index is 1.96. The van der Waals surface area contributed by atoms with Gasteiger partial charge >= 0.3 is 5.69 Å². The number of nitro benzene ring substituents is 1. The van der Waals surface area contributed by atoms with Crippen molar-refractivity contribution < 1.29 is 4.92 Å². The molecular formula is C15H23N3O2. The highest BCUT2D eigenvalue weighted by molar-refractivity contribution is 5.75. The Morgan fingerprint density at radius 1 is 1.25 bits per heavy atom. The second kappa shape index (κ2) is 7.12. The Hall–Kier alpha value is -1.78. The molecule has 1 aromatic carbocycles. The van der Waals surface area contributed by atoms with Gasteiger partial charge in [-0.15, -0.1) is 0 Å². The number of nitrogens with one attached hydrogen (secondary N) is 2. The van der Waals surface area contributed by atoms with Gasteiger partial charge in [-0.05, 0) is 24.5 Å². The van der Waals surface area contributed by atoms with Crippen molar-refractivity contribution >= 4 is 17.1 Å². The van der Waals surface area contributed by atoms with Gasteiger partial charge < -0.3 is 10.6 Å². The van der Waals surface area contributed by atoms with E-state index in [1.807, 2.05) is 6.07 Å². The molecule has 1 aliphatic rings. The molecule has 1 saturated carbocycles. The van der Waals surface area contributed by atoms with Gasteiger partial charge in [0.25, 0.3) is 0 Å². The maximum Gasteiger partial charge on any atom is 0.315 e. The number of nitrogens with zero attached hydrogens (tertiary/aromatic N) is 1. The molecule has 0 spiro atoms. The van der Waals surface area contributed by atoms with Crippen LogP contribution in [0.15, 0.2) is 18.2 Å². The van der Waals surface area contributed by atoms with Gasteiger partial charge in [0.2, 0.25) is 0 Å². The minimum Gasteiger partial charge on any atom is -0.382 e. The van der Waals surface area contributed by atoms with Gasteiger partial charge in [-0.1, -0.05) is 38.2 Å². The van der Waals surface area contributed by atoms with Crippen LogP contribution in [0.2, 0.25) is 0 Å². The van der Waals surface area contributed by atoms with Crippen molar-refractivity contribution in [3.8, 4) is 0 Å². The fourth-order valence-electron chi connectivity index (χ4n) is 2.97. The van der Waals surface area contributed by atoms with Crippen molar-refractivity contribution in [1.29, 1.82) is 0 Å². The Kier molecular flexibility index (Phi) is 5.21. The van der Waals surface area contributed by atoms with Crippen LogP contribution in [0.3, 0.4) is 0 Å². The summed E-state index contributed by atoms with van der Waals surface area (Å²) in [5, 5.41) is 17.3. The summed E-state index contributed by atoms with van der Waals surface area (Å²) in [7, 11) is 1.70. The second-order valence-electron chi connectivity index (χ2n) is 5.43. The Labute approximate surface area is 119 Å². The van der Waals surface area contributed by atoms with Gasteiger partial charge in [-0.2, -0.15) is 0 Å². The number of para-hydroxylation sites is 1. The average molecular weight is 277 g/mol. The summed E-state index contributed by atoms with van der Waals surface area (Å²) in [6, 6.07) is 5.34. The molecule has 1 fully saturated rings. The third-order valence-corrected chi connectivity index (χ3v) is 4.08. The molecule has 0 bridgehead atoms. The predicted octanol–water partition coefficient (Wildman–Crippen LogP) is 4.02. The van der Waals surface area contributed by atoms with Crippen molar-refractivity contribution in [2.75, 3.05) is 24.2 Å². The molecule has 1 aromatic rings. The van der Waals surface area contributed by atoms with Crippen molar-refractivity contribution in [3.05, 3.63) is 28.3 Å². The zero-order valence-corrected chi connectivity index (χ0v) is 12.0. The van der Waals surface area contributed by atoms with Gasteiger partial charge in [0, 0.05) is 13.6 Å². The van der Waals surface area contributed by atoms with E-state index in [0.717, 1.165) is 18.9 Å². The van der Waals surface area contributed by atoms with Crippen molar-refractivity contribution in [3.63, 3.8) is 0 Å². The first-order chi connectivity index (χ1) is 9.72. The van der Waals surface area contributed by atoms with Crippen LogP contribution < -0.4 is 10.6 Å². The van der Waals surface area contributed by atoms with Crippen LogP contribution in [0.1, 0.15) is 38.5 Å². The summed E-state index contributed by atoms with van der Waals surface area (Å²) < 4.78 is 0. The number of rotatable bonds is 6. The van der Waals surface area contributed by atoms with Crippen LogP contribution in [0, 0.1) is 16.0 Å². The fraction of sp³-hybridized carbons (Fsp3) is 0.600. The van der Waals surface area contributed by atoms with Crippen LogP contribution in [0.25, 0.3) is 0 Å². The maximum atomic E-state index is 11.2. The molecule has 0 atom stereocenters. The minimum atomic E-state index is -0.325. The molecular weight excluding hydrogens is 254 g/mol. The summed E-state index contributed by atoms with van der Waals surface area (Å²) in [5.41, 5.74) is 1.30. The Morgan fingerprint density at radius 2 is 1.95 bits per heavy atom. The normalized spacial score (nSPS) is 15.8. The maximum absolute atomic E-state index is 11.2. The van der Waals surface area contributed by atoms with Crippen LogP contribution in [-0.2, 0) is 0 Å². The topological polar surface area (TPSA) is 67.2 Å². The van der Waals surface area contributed by atoms with Gasteiger partial charge in [0.05, 0.1) is 4.92 Å². The molecule has 5 heteroatoms. The molecule has 20 heavy (non-hydrogen) atoms. The Bertz CT molecular complexity index is 456. The smallest absolute Gasteiger partial charge is 0.315 e. The highest BCUT2D eigenvalue weighted by Gasteiger charge is 2.19. The first-order valence-corrected chi connectivity index (χ1v) is 7.41. The second-order valence-corrected chi connectivity index (χ2v) is 5.43. The van der Waals surface area contributed by atoms with Crippen LogP contribution in [0.4, 0.5) is 17.1 Å². The van der Waals surface area contributed by atoms with E-state index in [4.69, 9.17) is 0 Å². The number of nitro groups is 1. The molecule has 5 nitrogen and oxygen atoms in total. The summed E-state index contributed by atoms with van der Waals surface area (Å²) in [6.07, 6.45) is 7.74. The third-order valence-electron chi connectivity index (χ3n) is 4.08. The van der Waals surface area contributed by atoms with Crippen LogP contribution >= 0.6 is 0 Å². The number of benzene rings is 1. The van der Waals surface area contributed by atoms with E-state index in [9.17, 15) is 10.1 Å². The first-order valence-electron chi connectivity index (χ1n) is 7.41. The quantitative estimate of drug-likeness (QED) is 0.608. The molecule has 0 radical (unpaired) electrons. The van der Waals surface area contributed by atoms with Crippen molar-refractivity contribution in [2.45, 2.75) is 38.5 Å². The molecule has 0 heterocycles. The summed E-state index contributed by atoms with van der Waals surface area (Å²) in [4.78, 5) is 10.9. The van der Waals surface area contributed by atoms with E-state index in [2.05, 4.69) is 10.6 Å². The Morgan fingerprint density at radius 3 is 2.60 bits per heavy atom. The van der Waals surface area contributed by atoms with E-state index in [-0.39, 0.29) is 10.6 Å². The van der Waals surface area contributed by atoms with Crippen molar-refractivity contribution in [2.24, 2.45) is 5.92 Å². The lowest BCUT2D eigenvalue weighted by atomic mass is 9.87. The third kappa shape index (κ3) is 3.62. The lowest BCUT2D eigenvalue weighted by molar-refractivity contribution is -0.383. The van der Waals surface area contributed by atoms with E-state index in [1.54, 1.807) is 19.2 Å². The lowest BCUT2D eigenvalue weighted by Gasteiger charge is -2.21. The molecule has 110 valence electrons. The summed E-state index contributed by atoms with van der Waals surface area (Å²) in [6.45, 7) is 0.804. The fourth-order valence-corrected chi connectivity index (χ4v) is 2.97. The zero-order valence-electron chi connectivity index (χ0n) is 12.0. The minimum absolute atomic E-state index is 0.138. The van der Waals surface area contributed by atoms with Gasteiger partial charge in [0.15, 0.2) is 0 Å². The van der Waals surface area contributed by atoms with E-state index < -0.39 is 0 Å². The number of hydrogen-bond donors (Lipinski definition) is 2. The molecule has 2 N–H and O–H groups in total. The van der Waals surface area contributed by atoms with Crippen molar-refractivity contribution in [1.82, 2.24) is 0 Å². The number of anilines is 2. The van der Waals surface area contributed by atoms with Gasteiger partial charge in [-0.3, -0.25) is 10.1 Å². The van der Waals surface area contributed by atoms with Crippen LogP contribution in [0.5, 0.6) is 0 Å². The molecule has 2 rings (SSSR count). The summed E-state index contributed by atoms with van der Waals surface area (Å²) >= 11 is 0. The van der Waals surface area contributed by atoms with E-state index >= 15 is 0 Å². The zero-order chi connectivity index (χ0) is 14.4. The first kappa shape index (κ1) is 14.6. The van der Waals surface area contributed by atoms with Crippen LogP contribution in [-0.4, -0.2) is 18.5 Å². The standard InChI is InChI=1S/C15H23N3O2/c1-16-13-8-5-9-14(15(13)18(19)20)17-11-10-12-6-3-2-4-7-12/h5,8-9,12,16-17H,2-4,6-7,10-11H2,1H3. The molecule has 1 aliphatic carbocycles. The van der Waals surface area contributed by atoms with Gasteiger partial charge in [0.1, 0.15) is 11.4 Å². The summed E-state index contributed by atoms with van der Waals surface area (Å²) in [5.74, 6) is 0.780. The molecule has 0 saturated heterocycles. The molecule has 0 unspecified atom stereocenters. The highest BCUT2D eigenvalue weighted by Crippen LogP contribution is 2.33. The lowest BCUT2D eigenvalue weighted by Crippen LogP contribution is -2.13. The molecule has 0 aromatic heterocycles.